The van der Waals surface area contributed by atoms with E-state index in [0.29, 0.717) is 0 Å². The molecule has 0 aliphatic rings. The molecule has 3 nitrogen and oxygen atoms in total. The summed E-state index contributed by atoms with van der Waals surface area (Å²) in [6.07, 6.45) is -3.69. The topological polar surface area (TPSA) is 40.7 Å². The lowest BCUT2D eigenvalue weighted by Crippen LogP contribution is -2.34. The highest BCUT2D eigenvalue weighted by Crippen LogP contribution is 2.23. The van der Waals surface area contributed by atoms with Crippen LogP contribution in [0.15, 0.2) is 0 Å². The molecule has 14 heavy (non-hydrogen) atoms. The summed E-state index contributed by atoms with van der Waals surface area (Å²) in [5.74, 6) is -4.06. The summed E-state index contributed by atoms with van der Waals surface area (Å²) in [5, 5.41) is 7.93. The minimum atomic E-state index is -4.06. The molecule has 0 aliphatic carbocycles. The van der Waals surface area contributed by atoms with Gasteiger partial charge in [0.2, 0.25) is 5.13 Å². The van der Waals surface area contributed by atoms with E-state index in [1.54, 1.807) is 0 Å². The lowest BCUT2D eigenvalue weighted by atomic mass is 10.3. The molecule has 0 amide bonds. The summed E-state index contributed by atoms with van der Waals surface area (Å²) in [6, 6.07) is 0. The number of halogens is 4. The predicted molar refractivity (Wildman–Crippen MR) is 46.7 cm³/mol. The van der Waals surface area contributed by atoms with Crippen LogP contribution in [0.1, 0.15) is 0 Å². The number of H-pyrrole nitrogens is 1. The monoisotopic (exact) mass is 247 g/mol. The van der Waals surface area contributed by atoms with Gasteiger partial charge in [0.1, 0.15) is 0 Å². The minimum absolute atomic E-state index is 0.0651. The average Bonchev–Trinajstić information content (AvgIpc) is 2.48. The number of hydrogen-bond donors (Lipinski definition) is 2. The number of aromatic amines is 1. The second-order valence-corrected chi connectivity index (χ2v) is 4.00. The third-order valence-electron chi connectivity index (χ3n) is 1.23. The van der Waals surface area contributed by atoms with Crippen molar-refractivity contribution in [2.24, 2.45) is 0 Å². The van der Waals surface area contributed by atoms with Gasteiger partial charge in [-0.2, -0.15) is 8.78 Å². The second kappa shape index (κ2) is 4.22. The number of alkyl halides is 4. The van der Waals surface area contributed by atoms with Gasteiger partial charge in [-0.25, -0.2) is 8.78 Å². The average molecular weight is 247 g/mol. The van der Waals surface area contributed by atoms with Gasteiger partial charge < -0.3 is 5.32 Å². The Morgan fingerprint density at radius 3 is 2.64 bits per heavy atom. The van der Waals surface area contributed by atoms with Crippen LogP contribution in [0.5, 0.6) is 0 Å². The zero-order chi connectivity index (χ0) is 10.8. The van der Waals surface area contributed by atoms with Crippen molar-refractivity contribution in [3.05, 3.63) is 3.95 Å². The van der Waals surface area contributed by atoms with Crippen LogP contribution in [0.4, 0.5) is 22.7 Å². The third kappa shape index (κ3) is 2.91. The number of anilines is 1. The molecule has 0 spiro atoms. The van der Waals surface area contributed by atoms with Gasteiger partial charge in [-0.15, -0.1) is 5.10 Å². The molecule has 1 aromatic heterocycles. The Labute approximate surface area is 85.1 Å². The first-order valence-electron chi connectivity index (χ1n) is 3.37. The molecule has 1 aromatic rings. The molecule has 9 heteroatoms. The van der Waals surface area contributed by atoms with E-state index in [-0.39, 0.29) is 9.09 Å². The summed E-state index contributed by atoms with van der Waals surface area (Å²) in [4.78, 5) is 0. The molecule has 0 saturated carbocycles. The molecule has 0 aliphatic heterocycles. The van der Waals surface area contributed by atoms with Crippen molar-refractivity contribution in [3.63, 3.8) is 0 Å². The van der Waals surface area contributed by atoms with Gasteiger partial charge >= 0.3 is 12.3 Å². The molecule has 0 bridgehead atoms. The van der Waals surface area contributed by atoms with E-state index >= 15 is 0 Å². The SMILES string of the molecule is FC(F)C(F)(F)CNc1n[nH]c(=S)s1. The molecule has 0 radical (unpaired) electrons. The molecule has 1 heterocycles. The highest BCUT2D eigenvalue weighted by atomic mass is 32.1. The van der Waals surface area contributed by atoms with Crippen molar-refractivity contribution in [1.29, 1.82) is 0 Å². The van der Waals surface area contributed by atoms with E-state index in [1.165, 1.54) is 0 Å². The van der Waals surface area contributed by atoms with E-state index in [4.69, 9.17) is 0 Å². The van der Waals surface area contributed by atoms with E-state index in [0.717, 1.165) is 11.3 Å². The molecule has 0 unspecified atom stereocenters. The zero-order valence-electron chi connectivity index (χ0n) is 6.56. The third-order valence-corrected chi connectivity index (χ3v) is 2.28. The minimum Gasteiger partial charge on any atom is -0.354 e. The number of nitrogens with zero attached hydrogens (tertiary/aromatic N) is 1. The first-order valence-corrected chi connectivity index (χ1v) is 4.59. The maximum absolute atomic E-state index is 12.4. The predicted octanol–water partition coefficient (Wildman–Crippen LogP) is 2.51. The summed E-state index contributed by atoms with van der Waals surface area (Å²) < 4.78 is 48.4. The van der Waals surface area contributed by atoms with Crippen LogP contribution < -0.4 is 5.32 Å². The number of hydrogen-bond acceptors (Lipinski definition) is 4. The van der Waals surface area contributed by atoms with Gasteiger partial charge in [0.05, 0.1) is 6.54 Å². The molecular formula is C5H5F4N3S2. The molecule has 0 saturated heterocycles. The van der Waals surface area contributed by atoms with Crippen molar-refractivity contribution in [1.82, 2.24) is 10.2 Å². The van der Waals surface area contributed by atoms with E-state index < -0.39 is 18.9 Å². The number of rotatable bonds is 4. The van der Waals surface area contributed by atoms with Crippen LogP contribution in [0.2, 0.25) is 0 Å². The van der Waals surface area contributed by atoms with Crippen molar-refractivity contribution in [2.75, 3.05) is 11.9 Å². The Bertz CT molecular complexity index is 347. The van der Waals surface area contributed by atoms with Crippen molar-refractivity contribution in [3.8, 4) is 0 Å². The van der Waals surface area contributed by atoms with Crippen LogP contribution in [-0.4, -0.2) is 29.1 Å². The fourth-order valence-electron chi connectivity index (χ4n) is 0.576. The van der Waals surface area contributed by atoms with Crippen LogP contribution in [0.3, 0.4) is 0 Å². The molecule has 0 aromatic carbocycles. The van der Waals surface area contributed by atoms with E-state index in [2.05, 4.69) is 27.7 Å². The smallest absolute Gasteiger partial charge is 0.324 e. The molecule has 1 rings (SSSR count). The Morgan fingerprint density at radius 2 is 2.21 bits per heavy atom. The first-order chi connectivity index (χ1) is 6.42. The van der Waals surface area contributed by atoms with Crippen LogP contribution >= 0.6 is 23.6 Å². The number of nitrogens with one attached hydrogen (secondary N) is 2. The summed E-state index contributed by atoms with van der Waals surface area (Å²) in [6.45, 7) is -1.17. The lowest BCUT2D eigenvalue weighted by molar-refractivity contribution is -0.117. The standard InChI is InChI=1S/C5H5F4N3S2/c6-2(7)5(8,9)1-10-3-11-12-4(13)14-3/h2H,1H2,(H,10,11)(H,12,13). The maximum Gasteiger partial charge on any atom is 0.324 e. The summed E-state index contributed by atoms with van der Waals surface area (Å²) in [7, 11) is 0. The lowest BCUT2D eigenvalue weighted by Gasteiger charge is -2.14. The number of aromatic nitrogens is 2. The Hall–Kier alpha value is -0.700. The normalized spacial score (nSPS) is 12.1. The van der Waals surface area contributed by atoms with E-state index in [1.807, 2.05) is 0 Å². The van der Waals surface area contributed by atoms with Crippen LogP contribution in [-0.2, 0) is 0 Å². The summed E-state index contributed by atoms with van der Waals surface area (Å²) >= 11 is 5.52. The molecule has 0 fully saturated rings. The summed E-state index contributed by atoms with van der Waals surface area (Å²) in [5.41, 5.74) is 0. The Balaban J connectivity index is 2.52. The highest BCUT2D eigenvalue weighted by molar-refractivity contribution is 7.73. The Kier molecular flexibility index (Phi) is 3.43. The zero-order valence-corrected chi connectivity index (χ0v) is 8.19. The van der Waals surface area contributed by atoms with Gasteiger partial charge in [0.15, 0.2) is 3.95 Å². The fourth-order valence-corrected chi connectivity index (χ4v) is 1.36. The van der Waals surface area contributed by atoms with Gasteiger partial charge in [0, 0.05) is 0 Å². The highest BCUT2D eigenvalue weighted by Gasteiger charge is 2.40. The fraction of sp³-hybridized carbons (Fsp3) is 0.600. The molecular weight excluding hydrogens is 242 g/mol. The molecule has 2 N–H and O–H groups in total. The maximum atomic E-state index is 12.4. The van der Waals surface area contributed by atoms with Gasteiger partial charge in [-0.05, 0) is 12.2 Å². The van der Waals surface area contributed by atoms with Gasteiger partial charge in [-0.1, -0.05) is 11.3 Å². The van der Waals surface area contributed by atoms with Crippen molar-refractivity contribution in [2.45, 2.75) is 12.3 Å². The molecule has 0 atom stereocenters. The van der Waals surface area contributed by atoms with Crippen LogP contribution in [0.25, 0.3) is 0 Å². The van der Waals surface area contributed by atoms with Gasteiger partial charge in [0.25, 0.3) is 0 Å². The quantitative estimate of drug-likeness (QED) is 0.634. The van der Waals surface area contributed by atoms with Crippen molar-refractivity contribution < 1.29 is 17.6 Å². The molecule has 80 valence electrons. The van der Waals surface area contributed by atoms with Crippen molar-refractivity contribution >= 4 is 28.7 Å². The van der Waals surface area contributed by atoms with E-state index in [9.17, 15) is 17.6 Å². The first kappa shape index (κ1) is 11.4. The largest absolute Gasteiger partial charge is 0.354 e. The Morgan fingerprint density at radius 1 is 1.57 bits per heavy atom. The van der Waals surface area contributed by atoms with Gasteiger partial charge in [-0.3, -0.25) is 5.10 Å². The second-order valence-electron chi connectivity index (χ2n) is 2.33. The van der Waals surface area contributed by atoms with Crippen LogP contribution in [0, 0.1) is 3.95 Å².